The number of hydrogen-bond donors (Lipinski definition) is 3. The number of nitrogens with zero attached hydrogens (tertiary/aromatic N) is 1. The number of carbonyl (C=O) groups is 2. The Morgan fingerprint density at radius 2 is 2.18 bits per heavy atom. The van der Waals surface area contributed by atoms with Crippen molar-refractivity contribution in [2.24, 2.45) is 5.41 Å². The molecule has 0 bridgehead atoms. The molecule has 0 saturated carbocycles. The van der Waals surface area contributed by atoms with Gasteiger partial charge in [-0.05, 0) is 13.8 Å². The van der Waals surface area contributed by atoms with Gasteiger partial charge in [-0.25, -0.2) is 9.78 Å². The largest absolute Gasteiger partial charge is 0.476 e. The lowest BCUT2D eigenvalue weighted by Crippen LogP contribution is -2.39. The molecule has 0 aliphatic carbocycles. The molecule has 1 aromatic rings. The van der Waals surface area contributed by atoms with E-state index >= 15 is 0 Å². The average Bonchev–Trinajstić information content (AvgIpc) is 2.73. The lowest BCUT2D eigenvalue weighted by Gasteiger charge is -2.22. The van der Waals surface area contributed by atoms with Gasteiger partial charge in [-0.3, -0.25) is 4.79 Å². The van der Waals surface area contributed by atoms with Gasteiger partial charge < -0.3 is 15.7 Å². The quantitative estimate of drug-likeness (QED) is 0.732. The number of rotatable bonds is 5. The monoisotopic (exact) mass is 257 g/mol. The van der Waals surface area contributed by atoms with Crippen LogP contribution in [-0.4, -0.2) is 35.6 Å². The molecule has 0 unspecified atom stereocenters. The topological polar surface area (TPSA) is 91.3 Å². The Hall–Kier alpha value is -1.63. The van der Waals surface area contributed by atoms with Gasteiger partial charge in [0.15, 0.2) is 5.69 Å². The Balaban J connectivity index is 2.70. The predicted octanol–water partition coefficient (Wildman–Crippen LogP) is 1.03. The van der Waals surface area contributed by atoms with Crippen LogP contribution in [0.3, 0.4) is 0 Å². The van der Waals surface area contributed by atoms with Gasteiger partial charge in [0, 0.05) is 13.6 Å². The molecule has 1 aromatic heterocycles. The molecule has 94 valence electrons. The first-order chi connectivity index (χ1) is 7.88. The number of carbonyl (C=O) groups excluding carboxylic acids is 1. The van der Waals surface area contributed by atoms with Crippen LogP contribution in [0.15, 0.2) is 5.51 Å². The Kier molecular flexibility index (Phi) is 4.06. The van der Waals surface area contributed by atoms with Crippen LogP contribution in [0.5, 0.6) is 0 Å². The smallest absolute Gasteiger partial charge is 0.357 e. The summed E-state index contributed by atoms with van der Waals surface area (Å²) in [5, 5.41) is 14.8. The van der Waals surface area contributed by atoms with Crippen molar-refractivity contribution in [3.63, 3.8) is 0 Å². The van der Waals surface area contributed by atoms with Crippen molar-refractivity contribution >= 4 is 28.2 Å². The molecule has 6 nitrogen and oxygen atoms in total. The minimum atomic E-state index is -1.08. The van der Waals surface area contributed by atoms with Gasteiger partial charge in [0.2, 0.25) is 5.91 Å². The first-order valence-corrected chi connectivity index (χ1v) is 5.89. The summed E-state index contributed by atoms with van der Waals surface area (Å²) < 4.78 is 0. The number of nitrogens with one attached hydrogen (secondary N) is 2. The zero-order valence-corrected chi connectivity index (χ0v) is 10.7. The van der Waals surface area contributed by atoms with E-state index in [9.17, 15) is 9.59 Å². The Morgan fingerprint density at radius 1 is 1.53 bits per heavy atom. The normalized spacial score (nSPS) is 11.0. The van der Waals surface area contributed by atoms with Crippen molar-refractivity contribution in [2.45, 2.75) is 13.8 Å². The number of carboxylic acids is 1. The molecule has 1 amide bonds. The van der Waals surface area contributed by atoms with Gasteiger partial charge >= 0.3 is 5.97 Å². The minimum absolute atomic E-state index is 0.0114. The molecule has 0 spiro atoms. The third kappa shape index (κ3) is 3.16. The molecule has 0 radical (unpaired) electrons. The summed E-state index contributed by atoms with van der Waals surface area (Å²) in [7, 11) is 1.57. The Bertz CT molecular complexity index is 428. The number of amides is 1. The van der Waals surface area contributed by atoms with Crippen LogP contribution < -0.4 is 10.6 Å². The molecule has 0 aliphatic heterocycles. The van der Waals surface area contributed by atoms with Crippen molar-refractivity contribution in [1.82, 2.24) is 10.3 Å². The summed E-state index contributed by atoms with van der Waals surface area (Å²) in [5.41, 5.74) is 0.829. The number of anilines is 1. The van der Waals surface area contributed by atoms with E-state index in [1.807, 2.05) is 0 Å². The molecule has 0 aliphatic rings. The van der Waals surface area contributed by atoms with E-state index in [0.29, 0.717) is 11.5 Å². The maximum Gasteiger partial charge on any atom is 0.357 e. The fourth-order valence-corrected chi connectivity index (χ4v) is 1.91. The number of aromatic carboxylic acids is 1. The standard InChI is InChI=1S/C10H15N3O3S/c1-10(2,9(16)11-3)4-12-7-6(8(14)15)13-5-17-7/h5,12H,4H2,1-3H3,(H,11,16)(H,14,15). The summed E-state index contributed by atoms with van der Waals surface area (Å²) in [6, 6.07) is 0. The summed E-state index contributed by atoms with van der Waals surface area (Å²) in [5.74, 6) is -1.18. The highest BCUT2D eigenvalue weighted by atomic mass is 32.1. The van der Waals surface area contributed by atoms with Crippen LogP contribution >= 0.6 is 11.3 Å². The summed E-state index contributed by atoms with van der Waals surface area (Å²) in [6.07, 6.45) is 0. The van der Waals surface area contributed by atoms with E-state index in [2.05, 4.69) is 15.6 Å². The minimum Gasteiger partial charge on any atom is -0.476 e. The molecule has 17 heavy (non-hydrogen) atoms. The van der Waals surface area contributed by atoms with Crippen LogP contribution in [0.25, 0.3) is 0 Å². The van der Waals surface area contributed by atoms with Gasteiger partial charge in [0.25, 0.3) is 0 Å². The van der Waals surface area contributed by atoms with Crippen LogP contribution in [0, 0.1) is 5.41 Å². The zero-order valence-electron chi connectivity index (χ0n) is 9.90. The number of aromatic nitrogens is 1. The van der Waals surface area contributed by atoms with E-state index in [4.69, 9.17) is 5.11 Å². The molecular formula is C10H15N3O3S. The Morgan fingerprint density at radius 3 is 2.71 bits per heavy atom. The first-order valence-electron chi connectivity index (χ1n) is 5.01. The summed E-state index contributed by atoms with van der Waals surface area (Å²) >= 11 is 1.20. The van der Waals surface area contributed by atoms with Crippen molar-refractivity contribution in [3.05, 3.63) is 11.2 Å². The van der Waals surface area contributed by atoms with Crippen molar-refractivity contribution in [3.8, 4) is 0 Å². The van der Waals surface area contributed by atoms with Crippen LogP contribution in [0.4, 0.5) is 5.00 Å². The lowest BCUT2D eigenvalue weighted by molar-refractivity contribution is -0.128. The van der Waals surface area contributed by atoms with E-state index in [0.717, 1.165) is 0 Å². The van der Waals surface area contributed by atoms with E-state index in [1.165, 1.54) is 16.8 Å². The maximum atomic E-state index is 11.5. The molecular weight excluding hydrogens is 242 g/mol. The molecule has 0 saturated heterocycles. The van der Waals surface area contributed by atoms with Crippen molar-refractivity contribution < 1.29 is 14.7 Å². The molecule has 0 atom stereocenters. The van der Waals surface area contributed by atoms with Crippen LogP contribution in [0.2, 0.25) is 0 Å². The molecule has 0 fully saturated rings. The Labute approximate surface area is 103 Å². The predicted molar refractivity (Wildman–Crippen MR) is 65.4 cm³/mol. The number of thiazole rings is 1. The second kappa shape index (κ2) is 5.13. The van der Waals surface area contributed by atoms with Crippen molar-refractivity contribution in [1.29, 1.82) is 0 Å². The molecule has 1 heterocycles. The highest BCUT2D eigenvalue weighted by Crippen LogP contribution is 2.23. The highest BCUT2D eigenvalue weighted by Gasteiger charge is 2.27. The third-order valence-corrected chi connectivity index (χ3v) is 3.09. The second-order valence-electron chi connectivity index (χ2n) is 4.15. The molecule has 3 N–H and O–H groups in total. The highest BCUT2D eigenvalue weighted by molar-refractivity contribution is 7.14. The number of carboxylic acid groups (broad SMARTS) is 1. The summed E-state index contributed by atoms with van der Waals surface area (Å²) in [6.45, 7) is 3.90. The number of hydrogen-bond acceptors (Lipinski definition) is 5. The van der Waals surface area contributed by atoms with E-state index < -0.39 is 11.4 Å². The molecule has 7 heteroatoms. The first kappa shape index (κ1) is 13.4. The molecule has 1 rings (SSSR count). The second-order valence-corrected chi connectivity index (χ2v) is 5.01. The van der Waals surface area contributed by atoms with Crippen LogP contribution in [-0.2, 0) is 4.79 Å². The summed E-state index contributed by atoms with van der Waals surface area (Å²) in [4.78, 5) is 26.1. The van der Waals surface area contributed by atoms with E-state index in [1.54, 1.807) is 20.9 Å². The average molecular weight is 257 g/mol. The fourth-order valence-electron chi connectivity index (χ4n) is 1.24. The van der Waals surface area contributed by atoms with Gasteiger partial charge in [0.1, 0.15) is 5.00 Å². The van der Waals surface area contributed by atoms with Gasteiger partial charge in [-0.15, -0.1) is 11.3 Å². The zero-order chi connectivity index (χ0) is 13.1. The fraction of sp³-hybridized carbons (Fsp3) is 0.500. The lowest BCUT2D eigenvalue weighted by atomic mass is 9.92. The maximum absolute atomic E-state index is 11.5. The van der Waals surface area contributed by atoms with Gasteiger partial charge in [-0.2, -0.15) is 0 Å². The molecule has 0 aromatic carbocycles. The third-order valence-electron chi connectivity index (χ3n) is 2.30. The SMILES string of the molecule is CNC(=O)C(C)(C)CNc1scnc1C(=O)O. The van der Waals surface area contributed by atoms with E-state index in [-0.39, 0.29) is 11.6 Å². The van der Waals surface area contributed by atoms with Gasteiger partial charge in [-0.1, -0.05) is 0 Å². The van der Waals surface area contributed by atoms with Crippen LogP contribution in [0.1, 0.15) is 24.3 Å². The van der Waals surface area contributed by atoms with Gasteiger partial charge in [0.05, 0.1) is 10.9 Å². The van der Waals surface area contributed by atoms with Crippen molar-refractivity contribution in [2.75, 3.05) is 18.9 Å².